The van der Waals surface area contributed by atoms with Crippen molar-refractivity contribution in [3.8, 4) is 0 Å². The lowest BCUT2D eigenvalue weighted by atomic mass is 10.1. The third-order valence-electron chi connectivity index (χ3n) is 3.98. The molecule has 1 aromatic heterocycles. The fourth-order valence-corrected chi connectivity index (χ4v) is 2.49. The predicted octanol–water partition coefficient (Wildman–Crippen LogP) is 1.97. The van der Waals surface area contributed by atoms with Gasteiger partial charge in [0.2, 0.25) is 0 Å². The van der Waals surface area contributed by atoms with Gasteiger partial charge in [-0.15, -0.1) is 0 Å². The number of aromatic amines is 1. The monoisotopic (exact) mass is 350 g/mol. The van der Waals surface area contributed by atoms with Crippen LogP contribution in [0.1, 0.15) is 27.6 Å². The minimum atomic E-state index is -0.178. The molecule has 0 saturated carbocycles. The molecule has 7 heteroatoms. The SMILES string of the molecule is CN(C)c1ccc(Cc2n[nH]c(CNC(=O)c3ccc(N)cc3)n2)cc1. The van der Waals surface area contributed by atoms with Crippen LogP contribution in [-0.4, -0.2) is 35.2 Å². The van der Waals surface area contributed by atoms with Crippen molar-refractivity contribution in [1.29, 1.82) is 0 Å². The Morgan fingerprint density at radius 1 is 1.12 bits per heavy atom. The lowest BCUT2D eigenvalue weighted by Crippen LogP contribution is -2.23. The number of nitrogens with zero attached hydrogens (tertiary/aromatic N) is 3. The summed E-state index contributed by atoms with van der Waals surface area (Å²) >= 11 is 0. The van der Waals surface area contributed by atoms with Gasteiger partial charge < -0.3 is 16.0 Å². The van der Waals surface area contributed by atoms with Gasteiger partial charge in [0.25, 0.3) is 5.91 Å². The van der Waals surface area contributed by atoms with E-state index in [9.17, 15) is 4.79 Å². The normalized spacial score (nSPS) is 10.5. The summed E-state index contributed by atoms with van der Waals surface area (Å²) in [7, 11) is 4.02. The Hall–Kier alpha value is -3.35. The molecular weight excluding hydrogens is 328 g/mol. The zero-order chi connectivity index (χ0) is 18.5. The first kappa shape index (κ1) is 17.5. The van der Waals surface area contributed by atoms with E-state index in [1.165, 1.54) is 0 Å². The highest BCUT2D eigenvalue weighted by molar-refractivity contribution is 5.94. The number of nitrogen functional groups attached to an aromatic ring is 1. The Morgan fingerprint density at radius 2 is 1.81 bits per heavy atom. The van der Waals surface area contributed by atoms with Crippen molar-refractivity contribution in [2.24, 2.45) is 0 Å². The van der Waals surface area contributed by atoms with Crippen molar-refractivity contribution in [3.05, 3.63) is 71.3 Å². The average Bonchev–Trinajstić information content (AvgIpc) is 3.08. The summed E-state index contributed by atoms with van der Waals surface area (Å²) in [5.74, 6) is 1.13. The van der Waals surface area contributed by atoms with Crippen LogP contribution in [-0.2, 0) is 13.0 Å². The molecule has 0 fully saturated rings. The van der Waals surface area contributed by atoms with Gasteiger partial charge in [0.05, 0.1) is 6.54 Å². The molecule has 0 saturated heterocycles. The second-order valence-electron chi connectivity index (χ2n) is 6.24. The fraction of sp³-hybridized carbons (Fsp3) is 0.211. The molecule has 0 aliphatic heterocycles. The number of carbonyl (C=O) groups is 1. The number of hydrogen-bond donors (Lipinski definition) is 3. The van der Waals surface area contributed by atoms with Crippen molar-refractivity contribution < 1.29 is 4.79 Å². The highest BCUT2D eigenvalue weighted by atomic mass is 16.1. The third kappa shape index (κ3) is 4.38. The molecule has 7 nitrogen and oxygen atoms in total. The number of nitrogens with two attached hydrogens (primary N) is 1. The van der Waals surface area contributed by atoms with E-state index in [1.807, 2.05) is 14.1 Å². The number of rotatable bonds is 6. The maximum absolute atomic E-state index is 12.1. The summed E-state index contributed by atoms with van der Waals surface area (Å²) in [6, 6.07) is 15.0. The Morgan fingerprint density at radius 3 is 2.46 bits per heavy atom. The standard InChI is InChI=1S/C19H22N6O/c1-25(2)16-9-3-13(4-10-16)11-17-22-18(24-23-17)12-21-19(26)14-5-7-15(20)8-6-14/h3-10H,11-12,20H2,1-2H3,(H,21,26)(H,22,23,24). The van der Waals surface area contributed by atoms with Gasteiger partial charge in [-0.2, -0.15) is 5.10 Å². The maximum atomic E-state index is 12.1. The molecule has 4 N–H and O–H groups in total. The van der Waals surface area contributed by atoms with Gasteiger partial charge in [-0.25, -0.2) is 4.98 Å². The highest BCUT2D eigenvalue weighted by Crippen LogP contribution is 2.14. The molecule has 26 heavy (non-hydrogen) atoms. The van der Waals surface area contributed by atoms with Gasteiger partial charge in [0.15, 0.2) is 5.82 Å². The van der Waals surface area contributed by atoms with Crippen molar-refractivity contribution in [2.75, 3.05) is 24.7 Å². The largest absolute Gasteiger partial charge is 0.399 e. The van der Waals surface area contributed by atoms with E-state index in [2.05, 4.69) is 49.7 Å². The molecular formula is C19H22N6O. The van der Waals surface area contributed by atoms with Gasteiger partial charge in [-0.3, -0.25) is 9.89 Å². The smallest absolute Gasteiger partial charge is 0.251 e. The van der Waals surface area contributed by atoms with Crippen LogP contribution in [0.15, 0.2) is 48.5 Å². The Bertz CT molecular complexity index is 868. The number of hydrogen-bond acceptors (Lipinski definition) is 5. The number of aromatic nitrogens is 3. The van der Waals surface area contributed by atoms with E-state index < -0.39 is 0 Å². The molecule has 0 aliphatic rings. The zero-order valence-corrected chi connectivity index (χ0v) is 14.9. The molecule has 0 bridgehead atoms. The van der Waals surface area contributed by atoms with Gasteiger partial charge in [-0.05, 0) is 42.0 Å². The number of carbonyl (C=O) groups excluding carboxylic acids is 1. The predicted molar refractivity (Wildman–Crippen MR) is 102 cm³/mol. The van der Waals surface area contributed by atoms with Gasteiger partial charge in [0, 0.05) is 37.5 Å². The van der Waals surface area contributed by atoms with Crippen molar-refractivity contribution in [3.63, 3.8) is 0 Å². The number of nitrogens with one attached hydrogen (secondary N) is 2. The molecule has 0 spiro atoms. The quantitative estimate of drug-likeness (QED) is 0.590. The second-order valence-corrected chi connectivity index (χ2v) is 6.24. The molecule has 1 heterocycles. The van der Waals surface area contributed by atoms with Crippen LogP contribution in [0.4, 0.5) is 11.4 Å². The number of anilines is 2. The van der Waals surface area contributed by atoms with Crippen LogP contribution in [0, 0.1) is 0 Å². The summed E-state index contributed by atoms with van der Waals surface area (Å²) in [6.07, 6.45) is 0.635. The summed E-state index contributed by atoms with van der Waals surface area (Å²) in [4.78, 5) is 18.6. The Balaban J connectivity index is 1.56. The number of amides is 1. The first-order valence-corrected chi connectivity index (χ1v) is 8.31. The molecule has 0 radical (unpaired) electrons. The third-order valence-corrected chi connectivity index (χ3v) is 3.98. The maximum Gasteiger partial charge on any atom is 0.251 e. The minimum absolute atomic E-state index is 0.178. The van der Waals surface area contributed by atoms with Crippen LogP contribution in [0.3, 0.4) is 0 Å². The topological polar surface area (TPSA) is 99.9 Å². The molecule has 3 rings (SSSR count). The summed E-state index contributed by atoms with van der Waals surface area (Å²) in [5.41, 5.74) is 9.08. The fourth-order valence-electron chi connectivity index (χ4n) is 2.49. The molecule has 0 atom stereocenters. The van der Waals surface area contributed by atoms with E-state index in [4.69, 9.17) is 5.73 Å². The molecule has 2 aromatic carbocycles. The summed E-state index contributed by atoms with van der Waals surface area (Å²) in [5, 5.41) is 9.90. The first-order chi connectivity index (χ1) is 12.5. The van der Waals surface area contributed by atoms with E-state index in [0.717, 1.165) is 11.3 Å². The van der Waals surface area contributed by atoms with Gasteiger partial charge in [0.1, 0.15) is 5.82 Å². The summed E-state index contributed by atoms with van der Waals surface area (Å²) < 4.78 is 0. The molecule has 1 amide bonds. The van der Waals surface area contributed by atoms with Crippen LogP contribution >= 0.6 is 0 Å². The molecule has 134 valence electrons. The number of benzene rings is 2. The first-order valence-electron chi connectivity index (χ1n) is 8.31. The Labute approximate surface area is 152 Å². The average molecular weight is 350 g/mol. The molecule has 0 unspecified atom stereocenters. The van der Waals surface area contributed by atoms with Crippen LogP contribution in [0.5, 0.6) is 0 Å². The molecule has 3 aromatic rings. The van der Waals surface area contributed by atoms with Gasteiger partial charge >= 0.3 is 0 Å². The minimum Gasteiger partial charge on any atom is -0.399 e. The summed E-state index contributed by atoms with van der Waals surface area (Å²) in [6.45, 7) is 0.287. The van der Waals surface area contributed by atoms with Crippen molar-refractivity contribution >= 4 is 17.3 Å². The number of H-pyrrole nitrogens is 1. The van der Waals surface area contributed by atoms with E-state index in [0.29, 0.717) is 29.3 Å². The van der Waals surface area contributed by atoms with Crippen molar-refractivity contribution in [2.45, 2.75) is 13.0 Å². The second kappa shape index (κ2) is 7.69. The van der Waals surface area contributed by atoms with E-state index in [1.54, 1.807) is 24.3 Å². The van der Waals surface area contributed by atoms with Gasteiger partial charge in [-0.1, -0.05) is 12.1 Å². The highest BCUT2D eigenvalue weighted by Gasteiger charge is 2.08. The van der Waals surface area contributed by atoms with Crippen molar-refractivity contribution in [1.82, 2.24) is 20.5 Å². The molecule has 0 aliphatic carbocycles. The zero-order valence-electron chi connectivity index (χ0n) is 14.9. The lowest BCUT2D eigenvalue weighted by molar-refractivity contribution is 0.0950. The van der Waals surface area contributed by atoms with Crippen LogP contribution in [0.25, 0.3) is 0 Å². The van der Waals surface area contributed by atoms with Crippen LogP contribution in [0.2, 0.25) is 0 Å². The lowest BCUT2D eigenvalue weighted by Gasteiger charge is -2.12. The Kier molecular flexibility index (Phi) is 5.17. The van der Waals surface area contributed by atoms with Crippen LogP contribution < -0.4 is 16.0 Å². The van der Waals surface area contributed by atoms with E-state index >= 15 is 0 Å². The van der Waals surface area contributed by atoms with E-state index in [-0.39, 0.29) is 12.5 Å².